The minimum absolute atomic E-state index is 0.403. The van der Waals surface area contributed by atoms with Gasteiger partial charge in [0.15, 0.2) is 11.5 Å². The van der Waals surface area contributed by atoms with Crippen molar-refractivity contribution in [1.29, 1.82) is 0 Å². The van der Waals surface area contributed by atoms with Gasteiger partial charge in [-0.1, -0.05) is 42.5 Å². The van der Waals surface area contributed by atoms with Gasteiger partial charge < -0.3 is 28.6 Å². The van der Waals surface area contributed by atoms with Crippen LogP contribution in [0.2, 0.25) is 0 Å². The Kier molecular flexibility index (Phi) is 9.72. The van der Waals surface area contributed by atoms with E-state index in [1.165, 1.54) is 0 Å². The second kappa shape index (κ2) is 12.8. The van der Waals surface area contributed by atoms with E-state index < -0.39 is 0 Å². The van der Waals surface area contributed by atoms with Crippen LogP contribution in [-0.2, 0) is 20.8 Å². The Bertz CT molecular complexity index is 790. The highest BCUT2D eigenvalue weighted by molar-refractivity contribution is 8.11. The number of anilines is 1. The minimum Gasteiger partial charge on any atom is -0.487 e. The number of rotatable bonds is 3. The first-order chi connectivity index (χ1) is 14.7. The van der Waals surface area contributed by atoms with Crippen LogP contribution in [-0.4, -0.2) is 57.2 Å². The third-order valence-corrected chi connectivity index (χ3v) is 4.83. The van der Waals surface area contributed by atoms with Gasteiger partial charge in [-0.3, -0.25) is 0 Å². The van der Waals surface area contributed by atoms with E-state index in [9.17, 15) is 0 Å². The predicted molar refractivity (Wildman–Crippen MR) is 124 cm³/mol. The van der Waals surface area contributed by atoms with Gasteiger partial charge in [0.1, 0.15) is 17.5 Å². The van der Waals surface area contributed by atoms with Crippen LogP contribution in [0.4, 0.5) is 5.69 Å². The number of thiocarbonyl (C=S) groups is 1. The lowest BCUT2D eigenvalue weighted by Crippen LogP contribution is -2.25. The molecule has 0 saturated carbocycles. The van der Waals surface area contributed by atoms with Crippen molar-refractivity contribution in [2.24, 2.45) is 0 Å². The lowest BCUT2D eigenvalue weighted by molar-refractivity contribution is 0.00708. The van der Waals surface area contributed by atoms with Gasteiger partial charge in [0.2, 0.25) is 0 Å². The molecule has 0 spiro atoms. The Morgan fingerprint density at radius 1 is 0.767 bits per heavy atom. The second-order valence-electron chi connectivity index (χ2n) is 6.52. The molecular formula is C22H27NO5S2. The molecule has 0 saturated heterocycles. The fourth-order valence-corrected chi connectivity index (χ4v) is 3.25. The third kappa shape index (κ3) is 7.45. The number of hydrogen-bond acceptors (Lipinski definition) is 6. The van der Waals surface area contributed by atoms with Crippen molar-refractivity contribution in [2.45, 2.75) is 6.54 Å². The standard InChI is InChI=1S/C22H27NO5S2/c29-22(30)23(17-18-4-2-1-3-5-18)19-6-7-20-21(16-19)28-15-13-26-11-9-24-8-10-25-12-14-27-20/h1-7,16H,8-15,17H2,(H,29,30). The summed E-state index contributed by atoms with van der Waals surface area (Å²) >= 11 is 9.81. The van der Waals surface area contributed by atoms with Crippen LogP contribution in [0.1, 0.15) is 5.56 Å². The van der Waals surface area contributed by atoms with Gasteiger partial charge in [0.25, 0.3) is 0 Å². The normalized spacial score (nSPS) is 16.2. The van der Waals surface area contributed by atoms with Gasteiger partial charge >= 0.3 is 0 Å². The SMILES string of the molecule is S=C(S)N(Cc1ccccc1)c1ccc2c(c1)OCCOCCOCCOCCO2. The summed E-state index contributed by atoms with van der Waals surface area (Å²) in [4.78, 5) is 1.95. The zero-order chi connectivity index (χ0) is 21.0. The molecular weight excluding hydrogens is 422 g/mol. The Balaban J connectivity index is 1.76. The number of fused-ring (bicyclic) bond motifs is 1. The molecule has 2 aromatic carbocycles. The van der Waals surface area contributed by atoms with E-state index in [0.29, 0.717) is 75.2 Å². The lowest BCUT2D eigenvalue weighted by atomic mass is 10.2. The van der Waals surface area contributed by atoms with Gasteiger partial charge in [-0.2, -0.15) is 0 Å². The fourth-order valence-electron chi connectivity index (χ4n) is 2.90. The monoisotopic (exact) mass is 449 g/mol. The van der Waals surface area contributed by atoms with Crippen LogP contribution in [0, 0.1) is 0 Å². The quantitative estimate of drug-likeness (QED) is 0.566. The number of thiol groups is 1. The summed E-state index contributed by atoms with van der Waals surface area (Å²) in [6.07, 6.45) is 0. The van der Waals surface area contributed by atoms with E-state index in [1.807, 2.05) is 41.3 Å². The van der Waals surface area contributed by atoms with Gasteiger partial charge in [-0.25, -0.2) is 0 Å². The van der Waals surface area contributed by atoms with Crippen LogP contribution in [0.25, 0.3) is 0 Å². The molecule has 8 heteroatoms. The Labute approximate surface area is 188 Å². The topological polar surface area (TPSA) is 49.4 Å². The van der Waals surface area contributed by atoms with E-state index in [1.54, 1.807) is 0 Å². The summed E-state index contributed by atoms with van der Waals surface area (Å²) in [6, 6.07) is 15.9. The first-order valence-corrected chi connectivity index (χ1v) is 10.8. The van der Waals surface area contributed by atoms with Crippen molar-refractivity contribution in [3.63, 3.8) is 0 Å². The zero-order valence-corrected chi connectivity index (χ0v) is 18.5. The zero-order valence-electron chi connectivity index (χ0n) is 16.8. The number of ether oxygens (including phenoxy) is 5. The largest absolute Gasteiger partial charge is 0.487 e. The average Bonchev–Trinajstić information content (AvgIpc) is 2.77. The molecule has 0 N–H and O–H groups in total. The molecule has 0 aliphatic carbocycles. The average molecular weight is 450 g/mol. The van der Waals surface area contributed by atoms with Gasteiger partial charge in [-0.05, 0) is 17.7 Å². The Hall–Kier alpha value is -1.84. The third-order valence-electron chi connectivity index (χ3n) is 4.37. The number of hydrogen-bond donors (Lipinski definition) is 1. The maximum atomic E-state index is 5.96. The summed E-state index contributed by atoms with van der Waals surface area (Å²) in [5.41, 5.74) is 2.01. The first kappa shape index (κ1) is 22.8. The molecule has 3 rings (SSSR count). The van der Waals surface area contributed by atoms with Crippen LogP contribution >= 0.6 is 24.8 Å². The van der Waals surface area contributed by atoms with E-state index >= 15 is 0 Å². The van der Waals surface area contributed by atoms with Crippen LogP contribution in [0.15, 0.2) is 48.5 Å². The molecule has 6 nitrogen and oxygen atoms in total. The molecule has 1 heterocycles. The minimum atomic E-state index is 0.403. The molecule has 0 amide bonds. The van der Waals surface area contributed by atoms with Crippen molar-refractivity contribution < 1.29 is 23.7 Å². The highest BCUT2D eigenvalue weighted by Gasteiger charge is 2.15. The van der Waals surface area contributed by atoms with Gasteiger partial charge in [-0.15, -0.1) is 12.6 Å². The summed E-state index contributed by atoms with van der Waals surface area (Å²) in [5, 5.41) is 0. The van der Waals surface area contributed by atoms with E-state index in [0.717, 1.165) is 11.3 Å². The summed E-state index contributed by atoms with van der Waals surface area (Å²) in [6.45, 7) is 4.50. The maximum absolute atomic E-state index is 5.96. The Morgan fingerprint density at radius 3 is 1.93 bits per heavy atom. The highest BCUT2D eigenvalue weighted by atomic mass is 32.1. The van der Waals surface area contributed by atoms with Crippen molar-refractivity contribution in [2.75, 3.05) is 57.8 Å². The van der Waals surface area contributed by atoms with E-state index in [2.05, 4.69) is 24.8 Å². The van der Waals surface area contributed by atoms with Crippen LogP contribution < -0.4 is 14.4 Å². The van der Waals surface area contributed by atoms with Crippen LogP contribution in [0.5, 0.6) is 11.5 Å². The molecule has 1 aliphatic rings. The lowest BCUT2D eigenvalue weighted by Gasteiger charge is -2.24. The molecule has 162 valence electrons. The number of benzene rings is 2. The molecule has 0 unspecified atom stereocenters. The summed E-state index contributed by atoms with van der Waals surface area (Å²) in [7, 11) is 0. The first-order valence-electron chi connectivity index (χ1n) is 9.91. The molecule has 2 aromatic rings. The van der Waals surface area contributed by atoms with Crippen molar-refractivity contribution in [3.05, 3.63) is 54.1 Å². The van der Waals surface area contributed by atoms with Crippen molar-refractivity contribution in [1.82, 2.24) is 0 Å². The predicted octanol–water partition coefficient (Wildman–Crippen LogP) is 3.73. The van der Waals surface area contributed by atoms with Crippen molar-refractivity contribution in [3.8, 4) is 11.5 Å². The van der Waals surface area contributed by atoms with Crippen LogP contribution in [0.3, 0.4) is 0 Å². The highest BCUT2D eigenvalue weighted by Crippen LogP contribution is 2.33. The van der Waals surface area contributed by atoms with Gasteiger partial charge in [0, 0.05) is 18.3 Å². The maximum Gasteiger partial charge on any atom is 0.163 e. The Morgan fingerprint density at radius 2 is 1.33 bits per heavy atom. The smallest absolute Gasteiger partial charge is 0.163 e. The second-order valence-corrected chi connectivity index (χ2v) is 7.63. The molecule has 1 aliphatic heterocycles. The van der Waals surface area contributed by atoms with E-state index in [4.69, 9.17) is 35.9 Å². The molecule has 0 bridgehead atoms. The molecule has 0 radical (unpaired) electrons. The molecule has 0 aromatic heterocycles. The fraction of sp³-hybridized carbons (Fsp3) is 0.409. The molecule has 0 fully saturated rings. The molecule has 0 atom stereocenters. The van der Waals surface area contributed by atoms with E-state index in [-0.39, 0.29) is 0 Å². The summed E-state index contributed by atoms with van der Waals surface area (Å²) < 4.78 is 28.8. The summed E-state index contributed by atoms with van der Waals surface area (Å²) in [5.74, 6) is 1.28. The van der Waals surface area contributed by atoms with Crippen molar-refractivity contribution >= 4 is 34.9 Å². The number of nitrogens with zero attached hydrogens (tertiary/aromatic N) is 1. The van der Waals surface area contributed by atoms with Gasteiger partial charge in [0.05, 0.1) is 39.6 Å². The molecule has 30 heavy (non-hydrogen) atoms.